The standard InChI is InChI=1S/C18H21NO3/c1-2-3-8-16(18(21)22)19-17(20)12-13-9-10-14-6-4-5-7-15(14)11-13/h4-7,9-11,16H,2-3,8,12H2,1H3,(H,19,20)(H,21,22)/t16-/m1/s1. The summed E-state index contributed by atoms with van der Waals surface area (Å²) in [6.45, 7) is 2.00. The minimum Gasteiger partial charge on any atom is -0.480 e. The molecule has 1 atom stereocenters. The van der Waals surface area contributed by atoms with E-state index in [-0.39, 0.29) is 12.3 Å². The van der Waals surface area contributed by atoms with Crippen LogP contribution in [0, 0.1) is 0 Å². The van der Waals surface area contributed by atoms with E-state index < -0.39 is 12.0 Å². The fourth-order valence-corrected chi connectivity index (χ4v) is 2.45. The highest BCUT2D eigenvalue weighted by Crippen LogP contribution is 2.16. The minimum atomic E-state index is -0.972. The Morgan fingerprint density at radius 3 is 2.55 bits per heavy atom. The molecule has 4 nitrogen and oxygen atoms in total. The quantitative estimate of drug-likeness (QED) is 0.825. The van der Waals surface area contributed by atoms with E-state index in [2.05, 4.69) is 5.32 Å². The van der Waals surface area contributed by atoms with Crippen molar-refractivity contribution in [1.82, 2.24) is 5.32 Å². The Labute approximate surface area is 130 Å². The predicted molar refractivity (Wildman–Crippen MR) is 86.7 cm³/mol. The lowest BCUT2D eigenvalue weighted by Crippen LogP contribution is -2.41. The van der Waals surface area contributed by atoms with Gasteiger partial charge in [0.1, 0.15) is 6.04 Å². The number of carboxylic acid groups (broad SMARTS) is 1. The third-order valence-corrected chi connectivity index (χ3v) is 3.66. The number of amides is 1. The predicted octanol–water partition coefficient (Wildman–Crippen LogP) is 3.14. The van der Waals surface area contributed by atoms with Crippen LogP contribution < -0.4 is 5.32 Å². The first kappa shape index (κ1) is 16.0. The van der Waals surface area contributed by atoms with E-state index in [0.29, 0.717) is 6.42 Å². The number of hydrogen-bond acceptors (Lipinski definition) is 2. The van der Waals surface area contributed by atoms with E-state index in [9.17, 15) is 9.59 Å². The summed E-state index contributed by atoms with van der Waals surface area (Å²) in [4.78, 5) is 23.2. The zero-order valence-corrected chi connectivity index (χ0v) is 12.7. The Morgan fingerprint density at radius 1 is 1.14 bits per heavy atom. The summed E-state index contributed by atoms with van der Waals surface area (Å²) >= 11 is 0. The summed E-state index contributed by atoms with van der Waals surface area (Å²) in [6, 6.07) is 13.0. The van der Waals surface area contributed by atoms with Gasteiger partial charge in [0.15, 0.2) is 0 Å². The number of unbranched alkanes of at least 4 members (excludes halogenated alkanes) is 1. The Hall–Kier alpha value is -2.36. The van der Waals surface area contributed by atoms with E-state index in [1.807, 2.05) is 49.4 Å². The molecule has 2 rings (SSSR count). The van der Waals surface area contributed by atoms with Crippen molar-refractivity contribution in [3.63, 3.8) is 0 Å². The highest BCUT2D eigenvalue weighted by molar-refractivity contribution is 5.87. The van der Waals surface area contributed by atoms with E-state index in [1.54, 1.807) is 0 Å². The van der Waals surface area contributed by atoms with Gasteiger partial charge in [0, 0.05) is 0 Å². The van der Waals surface area contributed by atoms with Crippen LogP contribution >= 0.6 is 0 Å². The number of benzene rings is 2. The second kappa shape index (κ2) is 7.59. The lowest BCUT2D eigenvalue weighted by Gasteiger charge is -2.14. The zero-order chi connectivity index (χ0) is 15.9. The van der Waals surface area contributed by atoms with Gasteiger partial charge in [-0.1, -0.05) is 62.2 Å². The van der Waals surface area contributed by atoms with Crippen LogP contribution in [-0.4, -0.2) is 23.0 Å². The number of nitrogens with one attached hydrogen (secondary N) is 1. The molecule has 2 aromatic carbocycles. The van der Waals surface area contributed by atoms with Crippen molar-refractivity contribution in [2.45, 2.75) is 38.6 Å². The molecule has 2 N–H and O–H groups in total. The molecule has 0 aromatic heterocycles. The summed E-state index contributed by atoms with van der Waals surface area (Å²) in [5.74, 6) is -1.22. The van der Waals surface area contributed by atoms with E-state index >= 15 is 0 Å². The zero-order valence-electron chi connectivity index (χ0n) is 12.7. The first-order chi connectivity index (χ1) is 10.6. The highest BCUT2D eigenvalue weighted by Gasteiger charge is 2.19. The average molecular weight is 299 g/mol. The van der Waals surface area contributed by atoms with Gasteiger partial charge < -0.3 is 10.4 Å². The Kier molecular flexibility index (Phi) is 5.53. The lowest BCUT2D eigenvalue weighted by molar-refractivity contribution is -0.142. The SMILES string of the molecule is CCCC[C@@H](NC(=O)Cc1ccc2ccccc2c1)C(=O)O. The average Bonchev–Trinajstić information content (AvgIpc) is 2.51. The second-order valence-electron chi connectivity index (χ2n) is 5.46. The van der Waals surface area contributed by atoms with Crippen LogP contribution in [0.1, 0.15) is 31.7 Å². The van der Waals surface area contributed by atoms with Crippen LogP contribution in [0.25, 0.3) is 10.8 Å². The molecule has 0 saturated heterocycles. The van der Waals surface area contributed by atoms with Crippen LogP contribution in [0.5, 0.6) is 0 Å². The van der Waals surface area contributed by atoms with Crippen molar-refractivity contribution < 1.29 is 14.7 Å². The van der Waals surface area contributed by atoms with E-state index in [0.717, 1.165) is 29.2 Å². The van der Waals surface area contributed by atoms with Crippen molar-refractivity contribution in [2.24, 2.45) is 0 Å². The molecular weight excluding hydrogens is 278 g/mol. The van der Waals surface area contributed by atoms with Crippen molar-refractivity contribution in [3.05, 3.63) is 48.0 Å². The molecule has 0 saturated carbocycles. The molecule has 0 bridgehead atoms. The lowest BCUT2D eigenvalue weighted by atomic mass is 10.0. The second-order valence-corrected chi connectivity index (χ2v) is 5.46. The summed E-state index contributed by atoms with van der Waals surface area (Å²) in [7, 11) is 0. The first-order valence-corrected chi connectivity index (χ1v) is 7.60. The summed E-state index contributed by atoms with van der Waals surface area (Å²) in [5, 5.41) is 14.0. The molecule has 1 amide bonds. The van der Waals surface area contributed by atoms with Gasteiger partial charge in [0.25, 0.3) is 0 Å². The maximum atomic E-state index is 12.1. The number of aliphatic carboxylic acids is 1. The Bertz CT molecular complexity index is 666. The van der Waals surface area contributed by atoms with Gasteiger partial charge in [-0.15, -0.1) is 0 Å². The van der Waals surface area contributed by atoms with Gasteiger partial charge in [0.05, 0.1) is 6.42 Å². The highest BCUT2D eigenvalue weighted by atomic mass is 16.4. The molecule has 0 radical (unpaired) electrons. The minimum absolute atomic E-state index is 0.195. The fraction of sp³-hybridized carbons (Fsp3) is 0.333. The van der Waals surface area contributed by atoms with Gasteiger partial charge in [-0.05, 0) is 22.8 Å². The third kappa shape index (κ3) is 4.32. The number of carbonyl (C=O) groups excluding carboxylic acids is 1. The summed E-state index contributed by atoms with van der Waals surface area (Å²) in [5.41, 5.74) is 0.885. The molecular formula is C18H21NO3. The molecule has 0 aliphatic carbocycles. The van der Waals surface area contributed by atoms with E-state index in [1.165, 1.54) is 0 Å². The van der Waals surface area contributed by atoms with Crippen molar-refractivity contribution in [1.29, 1.82) is 0 Å². The number of carboxylic acids is 1. The molecule has 0 unspecified atom stereocenters. The van der Waals surface area contributed by atoms with E-state index in [4.69, 9.17) is 5.11 Å². The molecule has 0 fully saturated rings. The maximum Gasteiger partial charge on any atom is 0.326 e. The molecule has 0 heterocycles. The van der Waals surface area contributed by atoms with Crippen LogP contribution in [0.4, 0.5) is 0 Å². The smallest absolute Gasteiger partial charge is 0.326 e. The first-order valence-electron chi connectivity index (χ1n) is 7.60. The maximum absolute atomic E-state index is 12.1. The molecule has 22 heavy (non-hydrogen) atoms. The fourth-order valence-electron chi connectivity index (χ4n) is 2.45. The summed E-state index contributed by atoms with van der Waals surface area (Å²) < 4.78 is 0. The van der Waals surface area contributed by atoms with Crippen molar-refractivity contribution in [3.8, 4) is 0 Å². The Morgan fingerprint density at radius 2 is 1.86 bits per heavy atom. The molecule has 0 aliphatic rings. The van der Waals surface area contributed by atoms with Gasteiger partial charge in [-0.3, -0.25) is 4.79 Å². The van der Waals surface area contributed by atoms with Crippen LogP contribution in [0.15, 0.2) is 42.5 Å². The van der Waals surface area contributed by atoms with Crippen LogP contribution in [-0.2, 0) is 16.0 Å². The van der Waals surface area contributed by atoms with Crippen LogP contribution in [0.2, 0.25) is 0 Å². The summed E-state index contributed by atoms with van der Waals surface area (Å²) in [6.07, 6.45) is 2.35. The molecule has 2 aromatic rings. The van der Waals surface area contributed by atoms with Crippen molar-refractivity contribution >= 4 is 22.6 Å². The van der Waals surface area contributed by atoms with Crippen LogP contribution in [0.3, 0.4) is 0 Å². The number of hydrogen-bond donors (Lipinski definition) is 2. The third-order valence-electron chi connectivity index (χ3n) is 3.66. The van der Waals surface area contributed by atoms with Gasteiger partial charge in [-0.25, -0.2) is 4.79 Å². The normalized spacial score (nSPS) is 12.0. The number of carbonyl (C=O) groups is 2. The number of rotatable bonds is 7. The molecule has 4 heteroatoms. The largest absolute Gasteiger partial charge is 0.480 e. The molecule has 0 aliphatic heterocycles. The molecule has 0 spiro atoms. The monoisotopic (exact) mass is 299 g/mol. The topological polar surface area (TPSA) is 66.4 Å². The number of fused-ring (bicyclic) bond motifs is 1. The van der Waals surface area contributed by atoms with Gasteiger partial charge in [0.2, 0.25) is 5.91 Å². The Balaban J connectivity index is 2.01. The molecule has 116 valence electrons. The van der Waals surface area contributed by atoms with Gasteiger partial charge in [-0.2, -0.15) is 0 Å². The van der Waals surface area contributed by atoms with Gasteiger partial charge >= 0.3 is 5.97 Å². The van der Waals surface area contributed by atoms with Crippen molar-refractivity contribution in [2.75, 3.05) is 0 Å².